The van der Waals surface area contributed by atoms with Crippen molar-refractivity contribution in [1.29, 1.82) is 0 Å². The fourth-order valence-electron chi connectivity index (χ4n) is 3.67. The second kappa shape index (κ2) is 8.78. The van der Waals surface area contributed by atoms with Gasteiger partial charge in [-0.05, 0) is 61.2 Å². The van der Waals surface area contributed by atoms with Gasteiger partial charge in [0.2, 0.25) is 0 Å². The Bertz CT molecular complexity index is 978. The second-order valence-corrected chi connectivity index (χ2v) is 7.29. The van der Waals surface area contributed by atoms with Crippen LogP contribution < -0.4 is 15.5 Å². The molecule has 5 heteroatoms. The van der Waals surface area contributed by atoms with Crippen molar-refractivity contribution in [3.63, 3.8) is 0 Å². The summed E-state index contributed by atoms with van der Waals surface area (Å²) in [5.74, 6) is -0.168. The highest BCUT2D eigenvalue weighted by Gasteiger charge is 2.13. The van der Waals surface area contributed by atoms with Gasteiger partial charge in [-0.15, -0.1) is 0 Å². The number of hydrogen-bond acceptors (Lipinski definition) is 4. The van der Waals surface area contributed by atoms with Gasteiger partial charge in [0.05, 0.1) is 17.4 Å². The van der Waals surface area contributed by atoms with Gasteiger partial charge in [-0.3, -0.25) is 9.78 Å². The Balaban J connectivity index is 1.44. The van der Waals surface area contributed by atoms with Crippen molar-refractivity contribution in [3.05, 3.63) is 78.1 Å². The molecule has 2 aromatic carbocycles. The number of para-hydroxylation sites is 1. The first-order chi connectivity index (χ1) is 14.2. The number of rotatable bonds is 6. The Morgan fingerprint density at radius 1 is 1.00 bits per heavy atom. The van der Waals surface area contributed by atoms with Gasteiger partial charge in [0.15, 0.2) is 0 Å². The van der Waals surface area contributed by atoms with Gasteiger partial charge in [0.1, 0.15) is 0 Å². The summed E-state index contributed by atoms with van der Waals surface area (Å²) >= 11 is 0. The minimum absolute atomic E-state index is 0.168. The quantitative estimate of drug-likeness (QED) is 0.608. The van der Waals surface area contributed by atoms with Crippen molar-refractivity contribution >= 4 is 28.7 Å². The van der Waals surface area contributed by atoms with E-state index in [2.05, 4.69) is 45.6 Å². The number of nitrogens with zero attached hydrogens (tertiary/aromatic N) is 2. The highest BCUT2D eigenvalue weighted by molar-refractivity contribution is 6.04. The molecule has 2 heterocycles. The molecule has 4 rings (SSSR count). The largest absolute Gasteiger partial charge is 0.372 e. The maximum atomic E-state index is 12.7. The minimum Gasteiger partial charge on any atom is -0.372 e. The lowest BCUT2D eigenvalue weighted by Gasteiger charge is -2.17. The van der Waals surface area contributed by atoms with Crippen LogP contribution in [0.5, 0.6) is 0 Å². The van der Waals surface area contributed by atoms with Gasteiger partial charge in [-0.1, -0.05) is 25.1 Å². The number of carbonyl (C=O) groups is 1. The third kappa shape index (κ3) is 4.57. The SMILES string of the molecule is CCc1ccccc1Nc1cncc(C(=O)Nc2ccc(N3CCCC3)cc2)c1. The molecule has 1 aromatic heterocycles. The summed E-state index contributed by atoms with van der Waals surface area (Å²) in [4.78, 5) is 19.3. The van der Waals surface area contributed by atoms with Gasteiger partial charge < -0.3 is 15.5 Å². The fraction of sp³-hybridized carbons (Fsp3) is 0.250. The molecule has 0 atom stereocenters. The second-order valence-electron chi connectivity index (χ2n) is 7.29. The average molecular weight is 386 g/mol. The summed E-state index contributed by atoms with van der Waals surface area (Å²) in [6.07, 6.45) is 6.75. The summed E-state index contributed by atoms with van der Waals surface area (Å²) in [6.45, 7) is 4.34. The van der Waals surface area contributed by atoms with Gasteiger partial charge in [-0.2, -0.15) is 0 Å². The number of hydrogen-bond donors (Lipinski definition) is 2. The first kappa shape index (κ1) is 19.0. The van der Waals surface area contributed by atoms with Crippen molar-refractivity contribution in [2.45, 2.75) is 26.2 Å². The van der Waals surface area contributed by atoms with E-state index < -0.39 is 0 Å². The summed E-state index contributed by atoms with van der Waals surface area (Å²) in [5.41, 5.74) is 5.57. The molecule has 1 fully saturated rings. The maximum absolute atomic E-state index is 12.7. The van der Waals surface area contributed by atoms with Gasteiger partial charge in [0.25, 0.3) is 5.91 Å². The lowest BCUT2D eigenvalue weighted by atomic mass is 10.1. The first-order valence-corrected chi connectivity index (χ1v) is 10.2. The molecule has 148 valence electrons. The van der Waals surface area contributed by atoms with Crippen LogP contribution in [0.15, 0.2) is 67.0 Å². The number of anilines is 4. The van der Waals surface area contributed by atoms with Gasteiger partial charge in [0, 0.05) is 36.3 Å². The molecule has 3 aromatic rings. The zero-order valence-corrected chi connectivity index (χ0v) is 16.7. The molecule has 1 aliphatic rings. The van der Waals surface area contributed by atoms with E-state index in [1.807, 2.05) is 36.4 Å². The zero-order valence-electron chi connectivity index (χ0n) is 16.7. The van der Waals surface area contributed by atoms with Crippen LogP contribution in [0.4, 0.5) is 22.7 Å². The molecule has 0 radical (unpaired) electrons. The number of amides is 1. The van der Waals surface area contributed by atoms with E-state index in [1.165, 1.54) is 24.1 Å². The number of aryl methyl sites for hydroxylation is 1. The molecule has 0 spiro atoms. The fourth-order valence-corrected chi connectivity index (χ4v) is 3.67. The van der Waals surface area contributed by atoms with Gasteiger partial charge in [-0.25, -0.2) is 0 Å². The predicted octanol–water partition coefficient (Wildman–Crippen LogP) is 5.24. The summed E-state index contributed by atoms with van der Waals surface area (Å²) < 4.78 is 0. The summed E-state index contributed by atoms with van der Waals surface area (Å²) in [6, 6.07) is 18.0. The molecule has 0 unspecified atom stereocenters. The molecule has 5 nitrogen and oxygen atoms in total. The Kier molecular flexibility index (Phi) is 5.75. The topological polar surface area (TPSA) is 57.3 Å². The Labute approximate surface area is 171 Å². The van der Waals surface area contributed by atoms with E-state index in [0.29, 0.717) is 5.56 Å². The monoisotopic (exact) mass is 386 g/mol. The molecule has 29 heavy (non-hydrogen) atoms. The molecule has 2 N–H and O–H groups in total. The van der Waals surface area contributed by atoms with Crippen LogP contribution >= 0.6 is 0 Å². The van der Waals surface area contributed by atoms with Crippen molar-refractivity contribution in [3.8, 4) is 0 Å². The average Bonchev–Trinajstić information content (AvgIpc) is 3.30. The molecule has 0 aliphatic carbocycles. The van der Waals surface area contributed by atoms with Crippen molar-refractivity contribution < 1.29 is 4.79 Å². The molecular weight excluding hydrogens is 360 g/mol. The molecule has 0 saturated carbocycles. The number of pyridine rings is 1. The summed E-state index contributed by atoms with van der Waals surface area (Å²) in [7, 11) is 0. The van der Waals surface area contributed by atoms with E-state index in [0.717, 1.165) is 36.6 Å². The molecular formula is C24H26N4O. The van der Waals surface area contributed by atoms with E-state index in [4.69, 9.17) is 0 Å². The van der Waals surface area contributed by atoms with Crippen LogP contribution in [-0.4, -0.2) is 24.0 Å². The van der Waals surface area contributed by atoms with E-state index in [9.17, 15) is 4.79 Å². The highest BCUT2D eigenvalue weighted by Crippen LogP contribution is 2.24. The number of carbonyl (C=O) groups excluding carboxylic acids is 1. The lowest BCUT2D eigenvalue weighted by molar-refractivity contribution is 0.102. The van der Waals surface area contributed by atoms with Crippen LogP contribution in [0.3, 0.4) is 0 Å². The minimum atomic E-state index is -0.168. The number of aromatic nitrogens is 1. The zero-order chi connectivity index (χ0) is 20.1. The highest BCUT2D eigenvalue weighted by atomic mass is 16.1. The van der Waals surface area contributed by atoms with E-state index in [1.54, 1.807) is 12.4 Å². The molecule has 0 bridgehead atoms. The predicted molar refractivity (Wildman–Crippen MR) is 119 cm³/mol. The number of benzene rings is 2. The van der Waals surface area contributed by atoms with Crippen LogP contribution in [-0.2, 0) is 6.42 Å². The van der Waals surface area contributed by atoms with Crippen molar-refractivity contribution in [2.75, 3.05) is 28.6 Å². The van der Waals surface area contributed by atoms with E-state index >= 15 is 0 Å². The third-order valence-corrected chi connectivity index (χ3v) is 5.27. The number of nitrogens with one attached hydrogen (secondary N) is 2. The standard InChI is InChI=1S/C24H26N4O/c1-2-18-7-3-4-8-23(18)26-21-15-19(16-25-17-21)24(29)27-20-9-11-22(12-10-20)28-13-5-6-14-28/h3-4,7-12,15-17,26H,2,5-6,13-14H2,1H3,(H,27,29). The Morgan fingerprint density at radius 3 is 2.52 bits per heavy atom. The van der Waals surface area contributed by atoms with Gasteiger partial charge >= 0.3 is 0 Å². The molecule has 1 amide bonds. The van der Waals surface area contributed by atoms with Crippen LogP contribution in [0, 0.1) is 0 Å². The van der Waals surface area contributed by atoms with Crippen LogP contribution in [0.2, 0.25) is 0 Å². The lowest BCUT2D eigenvalue weighted by Crippen LogP contribution is -2.17. The molecule has 1 saturated heterocycles. The smallest absolute Gasteiger partial charge is 0.257 e. The van der Waals surface area contributed by atoms with Crippen LogP contribution in [0.25, 0.3) is 0 Å². The van der Waals surface area contributed by atoms with Crippen molar-refractivity contribution in [1.82, 2.24) is 4.98 Å². The Morgan fingerprint density at radius 2 is 1.76 bits per heavy atom. The van der Waals surface area contributed by atoms with E-state index in [-0.39, 0.29) is 5.91 Å². The first-order valence-electron chi connectivity index (χ1n) is 10.2. The Hall–Kier alpha value is -3.34. The molecule has 1 aliphatic heterocycles. The van der Waals surface area contributed by atoms with Crippen molar-refractivity contribution in [2.24, 2.45) is 0 Å². The maximum Gasteiger partial charge on any atom is 0.257 e. The summed E-state index contributed by atoms with van der Waals surface area (Å²) in [5, 5.41) is 6.34. The third-order valence-electron chi connectivity index (χ3n) is 5.27. The normalized spacial score (nSPS) is 13.3. The van der Waals surface area contributed by atoms with Crippen LogP contribution in [0.1, 0.15) is 35.7 Å².